The topological polar surface area (TPSA) is 39.2 Å². The van der Waals surface area contributed by atoms with Gasteiger partial charge in [-0.15, -0.1) is 12.6 Å². The zero-order valence-electron chi connectivity index (χ0n) is 10.9. The monoisotopic (exact) mass is 275 g/mol. The lowest BCUT2D eigenvalue weighted by atomic mass is 10.0. The number of carbonyl (C=O) groups excluding carboxylic acids is 1. The Balaban J connectivity index is 2.20. The van der Waals surface area contributed by atoms with Crippen LogP contribution >= 0.6 is 12.6 Å². The van der Waals surface area contributed by atoms with E-state index in [1.54, 1.807) is 13.3 Å². The maximum absolute atomic E-state index is 12.2. The highest BCUT2D eigenvalue weighted by Gasteiger charge is 2.11. The molecule has 100 valence electrons. The molecule has 0 saturated carbocycles. The van der Waals surface area contributed by atoms with E-state index in [-0.39, 0.29) is 5.78 Å². The number of aromatic nitrogens is 1. The number of carbonyl (C=O) groups is 1. The molecule has 1 heterocycles. The van der Waals surface area contributed by atoms with E-state index in [0.29, 0.717) is 13.0 Å². The minimum Gasteiger partial charge on any atom is -0.385 e. The fraction of sp³-hybridized carbons (Fsp3) is 0.333. The molecule has 0 unspecified atom stereocenters. The molecule has 0 N–H and O–H groups in total. The van der Waals surface area contributed by atoms with Gasteiger partial charge in [0.1, 0.15) is 0 Å². The van der Waals surface area contributed by atoms with Gasteiger partial charge in [0.25, 0.3) is 0 Å². The van der Waals surface area contributed by atoms with Crippen LogP contribution in [0.25, 0.3) is 10.9 Å². The summed E-state index contributed by atoms with van der Waals surface area (Å²) in [5.41, 5.74) is 1.52. The van der Waals surface area contributed by atoms with Gasteiger partial charge in [-0.1, -0.05) is 6.07 Å². The predicted octanol–water partition coefficient (Wildman–Crippen LogP) is 3.52. The Hall–Kier alpha value is -1.39. The Morgan fingerprint density at radius 3 is 2.95 bits per heavy atom. The van der Waals surface area contributed by atoms with Crippen LogP contribution in [0, 0.1) is 0 Å². The highest BCUT2D eigenvalue weighted by molar-refractivity contribution is 7.80. The minimum atomic E-state index is 0.155. The van der Waals surface area contributed by atoms with Gasteiger partial charge in [0.15, 0.2) is 5.78 Å². The number of unbranched alkanes of at least 4 members (excludes halogenated alkanes) is 1. The zero-order valence-corrected chi connectivity index (χ0v) is 11.8. The van der Waals surface area contributed by atoms with E-state index < -0.39 is 0 Å². The quantitative estimate of drug-likeness (QED) is 0.498. The number of ether oxygens (including phenoxy) is 1. The van der Waals surface area contributed by atoms with Gasteiger partial charge >= 0.3 is 0 Å². The minimum absolute atomic E-state index is 0.155. The smallest absolute Gasteiger partial charge is 0.163 e. The molecule has 19 heavy (non-hydrogen) atoms. The molecule has 4 heteroatoms. The van der Waals surface area contributed by atoms with Crippen LogP contribution in [0.2, 0.25) is 0 Å². The van der Waals surface area contributed by atoms with E-state index >= 15 is 0 Å². The number of Topliss-reactive ketones (excluding diaryl/α,β-unsaturated/α-hetero) is 1. The van der Waals surface area contributed by atoms with Crippen molar-refractivity contribution < 1.29 is 9.53 Å². The van der Waals surface area contributed by atoms with Crippen LogP contribution in [0.3, 0.4) is 0 Å². The maximum atomic E-state index is 12.2. The van der Waals surface area contributed by atoms with Crippen LogP contribution in [-0.4, -0.2) is 24.5 Å². The fourth-order valence-electron chi connectivity index (χ4n) is 2.07. The summed E-state index contributed by atoms with van der Waals surface area (Å²) in [5, 5.41) is 0.881. The first-order chi connectivity index (χ1) is 9.24. The Morgan fingerprint density at radius 2 is 2.16 bits per heavy atom. The van der Waals surface area contributed by atoms with Crippen LogP contribution in [0.5, 0.6) is 0 Å². The molecular weight excluding hydrogens is 258 g/mol. The molecule has 0 amide bonds. The summed E-state index contributed by atoms with van der Waals surface area (Å²) in [5.74, 6) is 0.155. The third-order valence-electron chi connectivity index (χ3n) is 3.05. The average Bonchev–Trinajstić information content (AvgIpc) is 2.44. The fourth-order valence-corrected chi connectivity index (χ4v) is 2.32. The van der Waals surface area contributed by atoms with E-state index in [4.69, 9.17) is 4.74 Å². The second-order valence-corrected chi connectivity index (χ2v) is 4.89. The Morgan fingerprint density at radius 1 is 1.32 bits per heavy atom. The molecule has 0 aliphatic carbocycles. The maximum Gasteiger partial charge on any atom is 0.163 e. The molecule has 0 saturated heterocycles. The number of thiol groups is 1. The molecule has 1 aromatic heterocycles. The Labute approximate surface area is 118 Å². The van der Waals surface area contributed by atoms with Crippen molar-refractivity contribution in [2.45, 2.75) is 24.2 Å². The summed E-state index contributed by atoms with van der Waals surface area (Å²) in [6.45, 7) is 0.700. The van der Waals surface area contributed by atoms with E-state index in [0.717, 1.165) is 34.2 Å². The van der Waals surface area contributed by atoms with E-state index in [2.05, 4.69) is 17.6 Å². The summed E-state index contributed by atoms with van der Waals surface area (Å²) >= 11 is 4.37. The highest BCUT2D eigenvalue weighted by Crippen LogP contribution is 2.24. The lowest BCUT2D eigenvalue weighted by molar-refractivity contribution is 0.0976. The number of hydrogen-bond acceptors (Lipinski definition) is 4. The predicted molar refractivity (Wildman–Crippen MR) is 79.1 cm³/mol. The van der Waals surface area contributed by atoms with Crippen molar-refractivity contribution in [3.8, 4) is 0 Å². The van der Waals surface area contributed by atoms with Crippen molar-refractivity contribution in [2.75, 3.05) is 13.7 Å². The highest BCUT2D eigenvalue weighted by atomic mass is 32.1. The van der Waals surface area contributed by atoms with E-state index in [1.807, 2.05) is 24.3 Å². The molecule has 0 bridgehead atoms. The summed E-state index contributed by atoms with van der Waals surface area (Å²) in [7, 11) is 1.67. The average molecular weight is 275 g/mol. The van der Waals surface area contributed by atoms with E-state index in [1.165, 1.54) is 0 Å². The second-order valence-electron chi connectivity index (χ2n) is 4.40. The number of ketones is 1. The molecule has 2 rings (SSSR count). The number of fused-ring (bicyclic) bond motifs is 1. The van der Waals surface area contributed by atoms with Gasteiger partial charge in [0, 0.05) is 42.2 Å². The van der Waals surface area contributed by atoms with Gasteiger partial charge in [0.2, 0.25) is 0 Å². The lowest BCUT2D eigenvalue weighted by Crippen LogP contribution is -2.01. The van der Waals surface area contributed by atoms with Crippen molar-refractivity contribution in [1.29, 1.82) is 0 Å². The third kappa shape index (κ3) is 3.33. The Kier molecular flexibility index (Phi) is 4.93. The van der Waals surface area contributed by atoms with Gasteiger partial charge in [-0.05, 0) is 31.0 Å². The first-order valence-corrected chi connectivity index (χ1v) is 6.77. The van der Waals surface area contributed by atoms with Gasteiger partial charge in [0.05, 0.1) is 5.52 Å². The third-order valence-corrected chi connectivity index (χ3v) is 3.41. The van der Waals surface area contributed by atoms with Crippen LogP contribution in [0.4, 0.5) is 0 Å². The number of rotatable bonds is 6. The van der Waals surface area contributed by atoms with Crippen molar-refractivity contribution in [3.63, 3.8) is 0 Å². The van der Waals surface area contributed by atoms with Gasteiger partial charge < -0.3 is 4.74 Å². The number of nitrogens with zero attached hydrogens (tertiary/aromatic N) is 1. The van der Waals surface area contributed by atoms with Crippen molar-refractivity contribution in [1.82, 2.24) is 4.98 Å². The number of pyridine rings is 1. The summed E-state index contributed by atoms with van der Waals surface area (Å²) in [6, 6.07) is 7.44. The summed E-state index contributed by atoms with van der Waals surface area (Å²) < 4.78 is 4.98. The van der Waals surface area contributed by atoms with Crippen LogP contribution in [-0.2, 0) is 4.74 Å². The van der Waals surface area contributed by atoms with Crippen LogP contribution in [0.1, 0.15) is 29.6 Å². The summed E-state index contributed by atoms with van der Waals surface area (Å²) in [6.07, 6.45) is 4.01. The zero-order chi connectivity index (χ0) is 13.7. The molecule has 0 spiro atoms. The van der Waals surface area contributed by atoms with Gasteiger partial charge in [-0.2, -0.15) is 0 Å². The molecule has 0 aliphatic heterocycles. The molecule has 0 fully saturated rings. The van der Waals surface area contributed by atoms with Crippen LogP contribution in [0.15, 0.2) is 35.4 Å². The molecule has 2 aromatic rings. The molecule has 0 aliphatic rings. The van der Waals surface area contributed by atoms with Crippen molar-refractivity contribution in [3.05, 3.63) is 36.0 Å². The van der Waals surface area contributed by atoms with Gasteiger partial charge in [-0.3, -0.25) is 9.78 Å². The van der Waals surface area contributed by atoms with E-state index in [9.17, 15) is 4.79 Å². The van der Waals surface area contributed by atoms with Crippen molar-refractivity contribution in [2.24, 2.45) is 0 Å². The van der Waals surface area contributed by atoms with Crippen LogP contribution < -0.4 is 0 Å². The number of methoxy groups -OCH3 is 1. The Bertz CT molecular complexity index is 583. The lowest BCUT2D eigenvalue weighted by Gasteiger charge is -2.07. The standard InChI is InChI=1S/C15H17NO2S/c1-18-10-3-2-6-13(17)11-7-8-14(19)15-12(11)5-4-9-16-15/h4-5,7-9,19H,2-3,6,10H2,1H3. The SMILES string of the molecule is COCCCCC(=O)c1ccc(S)c2ncccc12. The van der Waals surface area contributed by atoms with Gasteiger partial charge in [-0.25, -0.2) is 0 Å². The number of benzene rings is 1. The second kappa shape index (κ2) is 6.68. The first kappa shape index (κ1) is 14.0. The molecule has 0 radical (unpaired) electrons. The molecule has 3 nitrogen and oxygen atoms in total. The largest absolute Gasteiger partial charge is 0.385 e. The molecule has 0 atom stereocenters. The first-order valence-electron chi connectivity index (χ1n) is 6.33. The summed E-state index contributed by atoms with van der Waals surface area (Å²) in [4.78, 5) is 17.3. The molecular formula is C15H17NO2S. The number of hydrogen-bond donors (Lipinski definition) is 1. The van der Waals surface area contributed by atoms with Crippen molar-refractivity contribution >= 4 is 29.3 Å². The molecule has 1 aromatic carbocycles. The normalized spacial score (nSPS) is 10.8.